The normalized spacial score (nSPS) is 11.4. The Hall–Kier alpha value is -3.16. The molecule has 1 aromatic heterocycles. The second-order valence-electron chi connectivity index (χ2n) is 5.51. The van der Waals surface area contributed by atoms with Crippen LogP contribution in [-0.4, -0.2) is 16.2 Å². The summed E-state index contributed by atoms with van der Waals surface area (Å²) in [5.41, 5.74) is -1.05. The Bertz CT molecular complexity index is 950. The first-order valence-corrected chi connectivity index (χ1v) is 7.52. The van der Waals surface area contributed by atoms with Gasteiger partial charge in [0.1, 0.15) is 5.82 Å². The Labute approximate surface area is 146 Å². The van der Waals surface area contributed by atoms with Gasteiger partial charge in [0.25, 0.3) is 0 Å². The Kier molecular flexibility index (Phi) is 4.50. The molecule has 2 aromatic carbocycles. The molecule has 0 N–H and O–H groups in total. The van der Waals surface area contributed by atoms with Crippen LogP contribution >= 0.6 is 0 Å². The molecule has 0 fully saturated rings. The summed E-state index contributed by atoms with van der Waals surface area (Å²) in [5.74, 6) is -0.548. The molecule has 0 radical (unpaired) electrons. The SMILES string of the molecule is Cn1cc(N(C=O)c2ccccc2-c2ccccc2F)c(C(F)(F)F)n1. The first-order valence-electron chi connectivity index (χ1n) is 7.52. The predicted molar refractivity (Wildman–Crippen MR) is 88.2 cm³/mol. The van der Waals surface area contributed by atoms with Crippen molar-refractivity contribution in [3.8, 4) is 11.1 Å². The van der Waals surface area contributed by atoms with E-state index in [1.54, 1.807) is 18.2 Å². The van der Waals surface area contributed by atoms with Gasteiger partial charge in [-0.2, -0.15) is 18.3 Å². The highest BCUT2D eigenvalue weighted by atomic mass is 19.4. The van der Waals surface area contributed by atoms with Gasteiger partial charge in [0.05, 0.1) is 11.4 Å². The summed E-state index contributed by atoms with van der Waals surface area (Å²) < 4.78 is 55.0. The standard InChI is InChI=1S/C18H13F4N3O/c1-24-10-16(17(23-24)18(20,21)22)25(11-26)15-9-5-3-7-13(15)12-6-2-4-8-14(12)19/h2-11H,1H3. The van der Waals surface area contributed by atoms with Gasteiger partial charge in [0.2, 0.25) is 6.41 Å². The Morgan fingerprint density at radius 1 is 1.00 bits per heavy atom. The molecule has 0 saturated carbocycles. The summed E-state index contributed by atoms with van der Waals surface area (Å²) in [5, 5.41) is 3.41. The molecular weight excluding hydrogens is 350 g/mol. The number of alkyl halides is 3. The zero-order valence-electron chi connectivity index (χ0n) is 13.5. The van der Waals surface area contributed by atoms with E-state index in [9.17, 15) is 22.4 Å². The highest BCUT2D eigenvalue weighted by Crippen LogP contribution is 2.40. The van der Waals surface area contributed by atoms with Crippen molar-refractivity contribution in [3.05, 3.63) is 66.2 Å². The van der Waals surface area contributed by atoms with E-state index in [2.05, 4.69) is 5.10 Å². The molecule has 4 nitrogen and oxygen atoms in total. The van der Waals surface area contributed by atoms with Crippen LogP contribution in [0.2, 0.25) is 0 Å². The lowest BCUT2D eigenvalue weighted by Gasteiger charge is -2.21. The number of benzene rings is 2. The maximum Gasteiger partial charge on any atom is 0.437 e. The Morgan fingerprint density at radius 2 is 1.62 bits per heavy atom. The van der Waals surface area contributed by atoms with E-state index in [1.807, 2.05) is 0 Å². The largest absolute Gasteiger partial charge is 0.437 e. The molecule has 8 heteroatoms. The summed E-state index contributed by atoms with van der Waals surface area (Å²) in [6, 6.07) is 12.0. The number of para-hydroxylation sites is 1. The van der Waals surface area contributed by atoms with Crippen molar-refractivity contribution in [2.45, 2.75) is 6.18 Å². The summed E-state index contributed by atoms with van der Waals surface area (Å²) in [6.45, 7) is 0. The van der Waals surface area contributed by atoms with Crippen LogP contribution in [0.5, 0.6) is 0 Å². The van der Waals surface area contributed by atoms with Gasteiger partial charge in [-0.15, -0.1) is 0 Å². The van der Waals surface area contributed by atoms with Gasteiger partial charge in [-0.1, -0.05) is 36.4 Å². The van der Waals surface area contributed by atoms with Gasteiger partial charge in [-0.25, -0.2) is 4.39 Å². The first kappa shape index (κ1) is 17.7. The van der Waals surface area contributed by atoms with Gasteiger partial charge >= 0.3 is 6.18 Å². The molecule has 0 bridgehead atoms. The molecule has 0 aliphatic carbocycles. The van der Waals surface area contributed by atoms with Crippen molar-refractivity contribution in [1.82, 2.24) is 9.78 Å². The van der Waals surface area contributed by atoms with Crippen LogP contribution in [0.4, 0.5) is 28.9 Å². The van der Waals surface area contributed by atoms with Crippen molar-refractivity contribution in [2.75, 3.05) is 4.90 Å². The van der Waals surface area contributed by atoms with Crippen LogP contribution in [0.25, 0.3) is 11.1 Å². The molecule has 0 unspecified atom stereocenters. The van der Waals surface area contributed by atoms with E-state index in [0.29, 0.717) is 0 Å². The van der Waals surface area contributed by atoms with Crippen molar-refractivity contribution < 1.29 is 22.4 Å². The second kappa shape index (κ2) is 6.62. The van der Waals surface area contributed by atoms with Crippen molar-refractivity contribution >= 4 is 17.8 Å². The Balaban J connectivity index is 2.21. The molecule has 3 aromatic rings. The minimum absolute atomic E-state index is 0.117. The number of aryl methyl sites for hydroxylation is 1. The fraction of sp³-hybridized carbons (Fsp3) is 0.111. The predicted octanol–water partition coefficient (Wildman–Crippen LogP) is 4.54. The summed E-state index contributed by atoms with van der Waals surface area (Å²) in [6.07, 6.45) is -3.40. The minimum atomic E-state index is -4.75. The fourth-order valence-corrected chi connectivity index (χ4v) is 2.69. The average molecular weight is 363 g/mol. The number of nitrogens with zero attached hydrogens (tertiary/aromatic N) is 3. The van der Waals surface area contributed by atoms with Gasteiger partial charge in [0, 0.05) is 24.4 Å². The first-order chi connectivity index (χ1) is 12.3. The number of halogens is 4. The van der Waals surface area contributed by atoms with Crippen molar-refractivity contribution in [2.24, 2.45) is 7.05 Å². The van der Waals surface area contributed by atoms with Crippen LogP contribution < -0.4 is 4.90 Å². The van der Waals surface area contributed by atoms with Gasteiger partial charge in [0.15, 0.2) is 5.69 Å². The number of hydrogen-bond acceptors (Lipinski definition) is 2. The monoisotopic (exact) mass is 363 g/mol. The zero-order chi connectivity index (χ0) is 18.9. The molecule has 1 amide bonds. The molecule has 0 aliphatic rings. The van der Waals surface area contributed by atoms with E-state index >= 15 is 0 Å². The minimum Gasteiger partial charge on any atom is -0.279 e. The summed E-state index contributed by atoms with van der Waals surface area (Å²) in [7, 11) is 1.32. The van der Waals surface area contributed by atoms with Gasteiger partial charge < -0.3 is 0 Å². The lowest BCUT2D eigenvalue weighted by Crippen LogP contribution is -2.19. The molecule has 134 valence electrons. The molecule has 0 atom stereocenters. The van der Waals surface area contributed by atoms with Crippen LogP contribution in [-0.2, 0) is 18.0 Å². The maximum absolute atomic E-state index is 14.2. The molecule has 0 spiro atoms. The second-order valence-corrected chi connectivity index (χ2v) is 5.51. The van der Waals surface area contributed by atoms with E-state index in [1.165, 1.54) is 37.4 Å². The number of carbonyl (C=O) groups excluding carboxylic acids is 1. The Morgan fingerprint density at radius 3 is 2.23 bits per heavy atom. The number of anilines is 2. The van der Waals surface area contributed by atoms with Crippen molar-refractivity contribution in [3.63, 3.8) is 0 Å². The summed E-state index contributed by atoms with van der Waals surface area (Å²) >= 11 is 0. The maximum atomic E-state index is 14.2. The average Bonchev–Trinajstić information content (AvgIpc) is 2.99. The highest BCUT2D eigenvalue weighted by molar-refractivity contribution is 5.94. The van der Waals surface area contributed by atoms with Crippen LogP contribution in [0.3, 0.4) is 0 Å². The van der Waals surface area contributed by atoms with E-state index < -0.39 is 23.4 Å². The van der Waals surface area contributed by atoms with Crippen LogP contribution in [0, 0.1) is 5.82 Å². The number of amides is 1. The smallest absolute Gasteiger partial charge is 0.279 e. The third-order valence-electron chi connectivity index (χ3n) is 3.77. The van der Waals surface area contributed by atoms with Gasteiger partial charge in [-0.05, 0) is 12.1 Å². The quantitative estimate of drug-likeness (QED) is 0.504. The van der Waals surface area contributed by atoms with E-state index in [-0.39, 0.29) is 23.2 Å². The lowest BCUT2D eigenvalue weighted by atomic mass is 10.0. The number of carbonyl (C=O) groups is 1. The summed E-state index contributed by atoms with van der Waals surface area (Å²) in [4.78, 5) is 12.5. The highest BCUT2D eigenvalue weighted by Gasteiger charge is 2.39. The van der Waals surface area contributed by atoms with Crippen LogP contribution in [0.1, 0.15) is 5.69 Å². The van der Waals surface area contributed by atoms with Gasteiger partial charge in [-0.3, -0.25) is 14.4 Å². The van der Waals surface area contributed by atoms with Crippen LogP contribution in [0.15, 0.2) is 54.7 Å². The lowest BCUT2D eigenvalue weighted by molar-refractivity contribution is -0.140. The number of hydrogen-bond donors (Lipinski definition) is 0. The molecule has 1 heterocycles. The molecule has 3 rings (SSSR count). The third-order valence-corrected chi connectivity index (χ3v) is 3.77. The molecule has 0 aliphatic heterocycles. The number of aromatic nitrogens is 2. The van der Waals surface area contributed by atoms with E-state index in [0.717, 1.165) is 15.8 Å². The fourth-order valence-electron chi connectivity index (χ4n) is 2.69. The third kappa shape index (κ3) is 3.17. The molecule has 26 heavy (non-hydrogen) atoms. The topological polar surface area (TPSA) is 38.1 Å². The van der Waals surface area contributed by atoms with Crippen molar-refractivity contribution in [1.29, 1.82) is 0 Å². The zero-order valence-corrected chi connectivity index (χ0v) is 13.5. The number of rotatable bonds is 4. The molecule has 0 saturated heterocycles. The molecular formula is C18H13F4N3O. The van der Waals surface area contributed by atoms with E-state index in [4.69, 9.17) is 0 Å².